The maximum atomic E-state index is 13.8. The number of benzene rings is 2. The molecule has 3 fully saturated rings. The average molecular weight is 639 g/mol. The SMILES string of the molecule is COc1ccc(C2CCCCC2O)cc1C(=O)N[C@H]1[C@@H](C(=O)Nc2ccc(F)c(C(F)(F)F)c2)[C@H]2CC[C@@H]1/C2=C\Br. The molecule has 0 aromatic heterocycles. The molecule has 6 nitrogen and oxygen atoms in total. The first kappa shape index (κ1) is 29.6. The first-order valence-corrected chi connectivity index (χ1v) is 14.6. The van der Waals surface area contributed by atoms with Crippen LogP contribution in [0.2, 0.25) is 0 Å². The summed E-state index contributed by atoms with van der Waals surface area (Å²) in [6, 6.07) is 6.99. The Morgan fingerprint density at radius 3 is 2.44 bits per heavy atom. The van der Waals surface area contributed by atoms with E-state index in [0.29, 0.717) is 30.7 Å². The van der Waals surface area contributed by atoms with Gasteiger partial charge in [0, 0.05) is 23.6 Å². The van der Waals surface area contributed by atoms with Gasteiger partial charge in [0.05, 0.1) is 30.3 Å². The van der Waals surface area contributed by atoms with Gasteiger partial charge in [-0.3, -0.25) is 9.59 Å². The van der Waals surface area contributed by atoms with Gasteiger partial charge in [-0.1, -0.05) is 40.4 Å². The van der Waals surface area contributed by atoms with Gasteiger partial charge in [-0.25, -0.2) is 4.39 Å². The molecule has 3 aliphatic carbocycles. The Hall–Kier alpha value is -2.92. The number of hydrogen-bond donors (Lipinski definition) is 3. The summed E-state index contributed by atoms with van der Waals surface area (Å²) in [5, 5.41) is 16.1. The van der Waals surface area contributed by atoms with E-state index in [-0.39, 0.29) is 29.0 Å². The quantitative estimate of drug-likeness (QED) is 0.314. The molecule has 0 saturated heterocycles. The van der Waals surface area contributed by atoms with Crippen molar-refractivity contribution in [3.63, 3.8) is 0 Å². The van der Waals surface area contributed by atoms with Gasteiger partial charge in [-0.05, 0) is 72.5 Å². The monoisotopic (exact) mass is 638 g/mol. The van der Waals surface area contributed by atoms with Crippen molar-refractivity contribution in [3.05, 3.63) is 69.5 Å². The topological polar surface area (TPSA) is 87.7 Å². The van der Waals surface area contributed by atoms with Crippen molar-refractivity contribution in [2.75, 3.05) is 12.4 Å². The lowest BCUT2D eigenvalue weighted by Gasteiger charge is -2.31. The fourth-order valence-electron chi connectivity index (χ4n) is 6.85. The molecule has 2 bridgehead atoms. The number of carbonyl (C=O) groups is 2. The molecular weight excluding hydrogens is 608 g/mol. The van der Waals surface area contributed by atoms with Gasteiger partial charge in [-0.2, -0.15) is 13.2 Å². The maximum absolute atomic E-state index is 13.8. The van der Waals surface area contributed by atoms with Gasteiger partial charge in [0.15, 0.2) is 0 Å². The van der Waals surface area contributed by atoms with Crippen molar-refractivity contribution in [1.29, 1.82) is 0 Å². The van der Waals surface area contributed by atoms with Gasteiger partial charge >= 0.3 is 6.18 Å². The van der Waals surface area contributed by atoms with Crippen LogP contribution in [0.25, 0.3) is 0 Å². The molecule has 2 unspecified atom stereocenters. The minimum atomic E-state index is -4.92. The first-order valence-electron chi connectivity index (χ1n) is 13.7. The third kappa shape index (κ3) is 5.75. The Morgan fingerprint density at radius 2 is 1.76 bits per heavy atom. The highest BCUT2D eigenvalue weighted by Crippen LogP contribution is 2.53. The molecule has 0 heterocycles. The van der Waals surface area contributed by atoms with Crippen LogP contribution in [0, 0.1) is 23.6 Å². The van der Waals surface area contributed by atoms with Crippen LogP contribution in [-0.4, -0.2) is 36.2 Å². The molecule has 2 aromatic carbocycles. The highest BCUT2D eigenvalue weighted by Gasteiger charge is 2.54. The highest BCUT2D eigenvalue weighted by atomic mass is 79.9. The molecule has 11 heteroatoms. The number of fused-ring (bicyclic) bond motifs is 2. The zero-order valence-corrected chi connectivity index (χ0v) is 23.9. The number of methoxy groups -OCH3 is 1. The Balaban J connectivity index is 1.41. The smallest absolute Gasteiger partial charge is 0.419 e. The normalized spacial score (nSPS) is 28.5. The Bertz CT molecular complexity index is 1360. The summed E-state index contributed by atoms with van der Waals surface area (Å²) >= 11 is 3.38. The number of halogens is 5. The van der Waals surface area contributed by atoms with E-state index in [1.54, 1.807) is 17.1 Å². The standard InChI is InChI=1S/C30H31BrF4N2O4/c1-41-25-11-6-15(17-4-2-3-5-24(17)38)12-20(25)28(39)37-27-19-9-8-18(21(19)14-31)26(27)29(40)36-16-7-10-23(32)22(13-16)30(33,34)35/h6-7,10-14,17-19,24,26-27,38H,2-5,8-9H2,1H3,(H,36,40)(H,37,39)/b21-14-/t17?,18-,19+,24?,26-,27+/m0/s1. The van der Waals surface area contributed by atoms with E-state index in [9.17, 15) is 32.3 Å². The van der Waals surface area contributed by atoms with Crippen LogP contribution in [-0.2, 0) is 11.0 Å². The molecule has 3 saturated carbocycles. The van der Waals surface area contributed by atoms with Crippen LogP contribution in [0.1, 0.15) is 65.9 Å². The Labute approximate surface area is 243 Å². The van der Waals surface area contributed by atoms with Crippen molar-refractivity contribution in [2.24, 2.45) is 17.8 Å². The molecule has 2 aromatic rings. The van der Waals surface area contributed by atoms with E-state index >= 15 is 0 Å². The number of carbonyl (C=O) groups excluding carboxylic acids is 2. The molecule has 6 atom stereocenters. The number of aliphatic hydroxyl groups is 1. The van der Waals surface area contributed by atoms with Crippen molar-refractivity contribution in [2.45, 2.75) is 62.8 Å². The summed E-state index contributed by atoms with van der Waals surface area (Å²) in [4.78, 5) is 29.0. The van der Waals surface area contributed by atoms with Gasteiger partial charge in [0.1, 0.15) is 11.6 Å². The van der Waals surface area contributed by atoms with E-state index in [1.165, 1.54) is 7.11 Å². The summed E-state index contributed by atoms with van der Waals surface area (Å²) in [6.07, 6.45) is -0.560. The Morgan fingerprint density at radius 1 is 1.02 bits per heavy atom. The second kappa shape index (κ2) is 11.8. The molecule has 0 spiro atoms. The molecule has 3 aliphatic rings. The first-order chi connectivity index (χ1) is 19.5. The zero-order valence-electron chi connectivity index (χ0n) is 22.3. The van der Waals surface area contributed by atoms with E-state index in [4.69, 9.17) is 4.74 Å². The van der Waals surface area contributed by atoms with Crippen LogP contribution in [0.3, 0.4) is 0 Å². The number of anilines is 1. The highest BCUT2D eigenvalue weighted by molar-refractivity contribution is 9.11. The van der Waals surface area contributed by atoms with Crippen molar-refractivity contribution in [3.8, 4) is 5.75 Å². The molecule has 3 N–H and O–H groups in total. The molecule has 220 valence electrons. The number of aliphatic hydroxyl groups excluding tert-OH is 1. The third-order valence-corrected chi connectivity index (χ3v) is 9.32. The lowest BCUT2D eigenvalue weighted by Crippen LogP contribution is -2.48. The lowest BCUT2D eigenvalue weighted by atomic mass is 9.81. The number of alkyl halides is 3. The summed E-state index contributed by atoms with van der Waals surface area (Å²) in [6.45, 7) is 0. The van der Waals surface area contributed by atoms with Crippen molar-refractivity contribution in [1.82, 2.24) is 5.32 Å². The second-order valence-corrected chi connectivity index (χ2v) is 11.5. The van der Waals surface area contributed by atoms with Crippen LogP contribution >= 0.6 is 15.9 Å². The molecule has 41 heavy (non-hydrogen) atoms. The molecule has 2 amide bonds. The molecule has 0 radical (unpaired) electrons. The molecule has 5 rings (SSSR count). The Kier molecular flexibility index (Phi) is 8.48. The van der Waals surface area contributed by atoms with E-state index in [2.05, 4.69) is 26.6 Å². The maximum Gasteiger partial charge on any atom is 0.419 e. The average Bonchev–Trinajstić information content (AvgIpc) is 3.48. The van der Waals surface area contributed by atoms with Crippen LogP contribution in [0.15, 0.2) is 47.0 Å². The lowest BCUT2D eigenvalue weighted by molar-refractivity contribution is -0.140. The van der Waals surface area contributed by atoms with E-state index in [0.717, 1.165) is 42.9 Å². The van der Waals surface area contributed by atoms with Crippen molar-refractivity contribution >= 4 is 33.4 Å². The zero-order chi connectivity index (χ0) is 29.5. The summed E-state index contributed by atoms with van der Waals surface area (Å²) < 4.78 is 59.0. The van der Waals surface area contributed by atoms with Crippen LogP contribution < -0.4 is 15.4 Å². The van der Waals surface area contributed by atoms with E-state index in [1.807, 2.05) is 6.07 Å². The number of nitrogens with one attached hydrogen (secondary N) is 2. The predicted octanol–water partition coefficient (Wildman–Crippen LogP) is 6.54. The number of rotatable bonds is 6. The number of ether oxygens (including phenoxy) is 1. The van der Waals surface area contributed by atoms with Gasteiger partial charge in [0.25, 0.3) is 5.91 Å². The summed E-state index contributed by atoms with van der Waals surface area (Å²) in [5.74, 6) is -3.30. The summed E-state index contributed by atoms with van der Waals surface area (Å²) in [5.41, 5.74) is 0.424. The molecular formula is C30H31BrF4N2O4. The fourth-order valence-corrected chi connectivity index (χ4v) is 7.53. The summed E-state index contributed by atoms with van der Waals surface area (Å²) in [7, 11) is 1.46. The molecule has 0 aliphatic heterocycles. The number of amides is 2. The predicted molar refractivity (Wildman–Crippen MR) is 148 cm³/mol. The van der Waals surface area contributed by atoms with E-state index < -0.39 is 47.4 Å². The largest absolute Gasteiger partial charge is 0.496 e. The van der Waals surface area contributed by atoms with Crippen molar-refractivity contribution < 1.29 is 37.0 Å². The van der Waals surface area contributed by atoms with Gasteiger partial charge in [0.2, 0.25) is 5.91 Å². The minimum absolute atomic E-state index is 0.0949. The van der Waals surface area contributed by atoms with Gasteiger partial charge in [-0.15, -0.1) is 0 Å². The second-order valence-electron chi connectivity index (χ2n) is 11.0. The van der Waals surface area contributed by atoms with Crippen LogP contribution in [0.5, 0.6) is 5.75 Å². The van der Waals surface area contributed by atoms with Gasteiger partial charge < -0.3 is 20.5 Å². The fraction of sp³-hybridized carbons (Fsp3) is 0.467. The third-order valence-electron chi connectivity index (χ3n) is 8.79. The number of hydrogen-bond acceptors (Lipinski definition) is 4. The van der Waals surface area contributed by atoms with Crippen LogP contribution in [0.4, 0.5) is 23.2 Å². The minimum Gasteiger partial charge on any atom is -0.496 e.